The Kier molecular flexibility index (Phi) is 15.1. The summed E-state index contributed by atoms with van der Waals surface area (Å²) in [5.74, 6) is 0.642. The fourth-order valence-electron chi connectivity index (χ4n) is 2.62. The molecule has 164 valence electrons. The van der Waals surface area contributed by atoms with Gasteiger partial charge in [-0.25, -0.2) is 0 Å². The van der Waals surface area contributed by atoms with Crippen LogP contribution in [0.4, 0.5) is 5.69 Å². The second-order valence-corrected chi connectivity index (χ2v) is 6.83. The van der Waals surface area contributed by atoms with Gasteiger partial charge in [0.05, 0.1) is 0 Å². The maximum Gasteiger partial charge on any atom is 0.219 e. The van der Waals surface area contributed by atoms with Crippen LogP contribution >= 0.6 is 0 Å². The molecule has 0 unspecified atom stereocenters. The monoisotopic (exact) mass is 580 g/mol. The Balaban J connectivity index is 0. The summed E-state index contributed by atoms with van der Waals surface area (Å²) < 4.78 is 0. The van der Waals surface area contributed by atoms with Gasteiger partial charge in [0.2, 0.25) is 6.41 Å². The van der Waals surface area contributed by atoms with E-state index in [2.05, 4.69) is 44.9 Å². The third-order valence-corrected chi connectivity index (χ3v) is 4.18. The quantitative estimate of drug-likeness (QED) is 0.254. The Hall–Kier alpha value is -1.97. The summed E-state index contributed by atoms with van der Waals surface area (Å²) in [7, 11) is 4.64. The number of nitrogens with zero attached hydrogens (tertiary/aromatic N) is 3. The van der Waals surface area contributed by atoms with E-state index in [1.54, 1.807) is 11.9 Å². The number of aliphatic hydroxyl groups is 1. The van der Waals surface area contributed by atoms with Crippen molar-refractivity contribution in [2.45, 2.75) is 41.5 Å². The van der Waals surface area contributed by atoms with Crippen LogP contribution in [0.15, 0.2) is 41.5 Å². The van der Waals surface area contributed by atoms with E-state index in [1.807, 2.05) is 45.3 Å². The number of amidine groups is 1. The smallest absolute Gasteiger partial charge is 0.219 e. The standard InChI is InChI=1S/C12H17N3O.C10H14.CH4O.Pt/c1-10-5-7-12(8-6-10)15(9-16)11(2)13-14(3)4;1-7-5-8(2)10(4)9(3)6-7;1-2;/h5-9H,1-4H3;5-6H,1-4H3;2H,1H3;/b13-11-;;;. The molecule has 0 fully saturated rings. The first-order chi connectivity index (χ1) is 13.1. The fraction of sp³-hybridized carbons (Fsp3) is 0.391. The number of hydrogen-bond donors (Lipinski definition) is 1. The number of aliphatic hydroxyl groups excluding tert-OH is 1. The van der Waals surface area contributed by atoms with Crippen LogP contribution in [-0.4, -0.2) is 43.6 Å². The van der Waals surface area contributed by atoms with E-state index in [-0.39, 0.29) is 21.1 Å². The average Bonchev–Trinajstić information content (AvgIpc) is 2.63. The van der Waals surface area contributed by atoms with Crippen molar-refractivity contribution in [1.29, 1.82) is 0 Å². The molecule has 6 heteroatoms. The van der Waals surface area contributed by atoms with Crippen LogP contribution in [0.2, 0.25) is 0 Å². The molecule has 29 heavy (non-hydrogen) atoms. The van der Waals surface area contributed by atoms with Gasteiger partial charge in [0, 0.05) is 48.0 Å². The van der Waals surface area contributed by atoms with Crippen LogP contribution in [0.1, 0.15) is 34.7 Å². The summed E-state index contributed by atoms with van der Waals surface area (Å²) in [4.78, 5) is 12.6. The van der Waals surface area contributed by atoms with E-state index < -0.39 is 0 Å². The molecule has 2 rings (SSSR count). The molecule has 0 heterocycles. The van der Waals surface area contributed by atoms with E-state index in [0.717, 1.165) is 24.8 Å². The molecule has 1 N–H and O–H groups in total. The van der Waals surface area contributed by atoms with Gasteiger partial charge < -0.3 is 10.1 Å². The molecule has 1 amide bonds. The molecule has 0 aliphatic rings. The molecule has 0 aliphatic carbocycles. The number of carbonyl (C=O) groups excluding carboxylic acids is 1. The number of benzene rings is 2. The number of hydrogen-bond acceptors (Lipinski definition) is 4. The first kappa shape index (κ1) is 29.2. The van der Waals surface area contributed by atoms with Crippen molar-refractivity contribution in [2.75, 3.05) is 26.1 Å². The largest absolute Gasteiger partial charge is 0.400 e. The van der Waals surface area contributed by atoms with E-state index in [1.165, 1.54) is 27.2 Å². The number of anilines is 1. The minimum Gasteiger partial charge on any atom is -0.400 e. The molecule has 0 saturated heterocycles. The van der Waals surface area contributed by atoms with Crippen molar-refractivity contribution in [3.63, 3.8) is 0 Å². The molecule has 0 bridgehead atoms. The van der Waals surface area contributed by atoms with E-state index >= 15 is 0 Å². The third kappa shape index (κ3) is 10.4. The number of hydrazone groups is 1. The molecule has 5 nitrogen and oxygen atoms in total. The van der Waals surface area contributed by atoms with Gasteiger partial charge in [0.1, 0.15) is 5.84 Å². The van der Waals surface area contributed by atoms with Crippen LogP contribution in [-0.2, 0) is 25.9 Å². The zero-order chi connectivity index (χ0) is 21.9. The van der Waals surface area contributed by atoms with Gasteiger partial charge in [-0.1, -0.05) is 35.4 Å². The second-order valence-electron chi connectivity index (χ2n) is 6.83. The predicted molar refractivity (Wildman–Crippen MR) is 120 cm³/mol. The summed E-state index contributed by atoms with van der Waals surface area (Å²) >= 11 is 0. The van der Waals surface area contributed by atoms with Gasteiger partial charge in [0.25, 0.3) is 0 Å². The summed E-state index contributed by atoms with van der Waals surface area (Å²) in [6.45, 7) is 12.4. The zero-order valence-corrected chi connectivity index (χ0v) is 21.3. The summed E-state index contributed by atoms with van der Waals surface area (Å²) in [6, 6.07) is 12.2. The maximum atomic E-state index is 11.0. The molecular weight excluding hydrogens is 545 g/mol. The summed E-state index contributed by atoms with van der Waals surface area (Å²) in [5.41, 5.74) is 7.57. The molecule has 0 radical (unpaired) electrons. The van der Waals surface area contributed by atoms with Gasteiger partial charge in [-0.05, 0) is 70.4 Å². The van der Waals surface area contributed by atoms with Crippen molar-refractivity contribution in [3.8, 4) is 0 Å². The first-order valence-corrected chi connectivity index (χ1v) is 9.18. The van der Waals surface area contributed by atoms with E-state index in [4.69, 9.17) is 5.11 Å². The Morgan fingerprint density at radius 1 is 0.897 bits per heavy atom. The molecular formula is C23H35N3O2Pt. The number of rotatable bonds is 3. The number of carbonyl (C=O) groups is 1. The predicted octanol–water partition coefficient (Wildman–Crippen LogP) is 4.38. The SMILES string of the molecule is C/C(=N/N(C)C)N(C=O)c1ccc(C)cc1.CO.Cc1cc(C)c(C)c(C)c1.[Pt]. The molecule has 0 atom stereocenters. The Morgan fingerprint density at radius 2 is 1.34 bits per heavy atom. The van der Waals surface area contributed by atoms with Crippen molar-refractivity contribution in [1.82, 2.24) is 5.01 Å². The molecule has 0 spiro atoms. The van der Waals surface area contributed by atoms with Crippen LogP contribution in [0.3, 0.4) is 0 Å². The van der Waals surface area contributed by atoms with Crippen molar-refractivity contribution in [3.05, 3.63) is 64.2 Å². The van der Waals surface area contributed by atoms with Crippen LogP contribution in [0, 0.1) is 34.6 Å². The number of amides is 1. The molecule has 2 aromatic rings. The van der Waals surface area contributed by atoms with Gasteiger partial charge in [-0.15, -0.1) is 0 Å². The van der Waals surface area contributed by atoms with Crippen LogP contribution in [0.25, 0.3) is 0 Å². The molecule has 0 saturated carbocycles. The average molecular weight is 581 g/mol. The number of aryl methyl sites for hydroxylation is 4. The van der Waals surface area contributed by atoms with Gasteiger partial charge in [-0.3, -0.25) is 9.69 Å². The van der Waals surface area contributed by atoms with Gasteiger partial charge >= 0.3 is 0 Å². The van der Waals surface area contributed by atoms with Crippen LogP contribution < -0.4 is 4.90 Å². The molecule has 2 aromatic carbocycles. The fourth-order valence-corrected chi connectivity index (χ4v) is 2.62. The maximum absolute atomic E-state index is 11.0. The van der Waals surface area contributed by atoms with Crippen LogP contribution in [0.5, 0.6) is 0 Å². The first-order valence-electron chi connectivity index (χ1n) is 9.18. The van der Waals surface area contributed by atoms with Crippen molar-refractivity contribution in [2.24, 2.45) is 5.10 Å². The second kappa shape index (κ2) is 14.9. The van der Waals surface area contributed by atoms with E-state index in [9.17, 15) is 4.79 Å². The van der Waals surface area contributed by atoms with Gasteiger partial charge in [0.15, 0.2) is 0 Å². The minimum absolute atomic E-state index is 0. The van der Waals surface area contributed by atoms with Crippen molar-refractivity contribution < 1.29 is 31.0 Å². The summed E-state index contributed by atoms with van der Waals surface area (Å²) in [5, 5.41) is 12.9. The summed E-state index contributed by atoms with van der Waals surface area (Å²) in [6.07, 6.45) is 0.771. The third-order valence-electron chi connectivity index (χ3n) is 4.18. The zero-order valence-electron chi connectivity index (χ0n) is 19.1. The van der Waals surface area contributed by atoms with Gasteiger partial charge in [-0.2, -0.15) is 5.10 Å². The normalized spacial score (nSPS) is 9.79. The van der Waals surface area contributed by atoms with E-state index in [0.29, 0.717) is 5.84 Å². The minimum atomic E-state index is 0. The topological polar surface area (TPSA) is 56.1 Å². The Bertz CT molecular complexity index is 749. The molecule has 0 aliphatic heterocycles. The Morgan fingerprint density at radius 3 is 1.72 bits per heavy atom. The van der Waals surface area contributed by atoms with Crippen molar-refractivity contribution >= 4 is 17.9 Å². The Labute approximate surface area is 190 Å². The molecule has 0 aromatic heterocycles.